The van der Waals surface area contributed by atoms with E-state index >= 15 is 0 Å². The van der Waals surface area contributed by atoms with Crippen LogP contribution in [0.5, 0.6) is 0 Å². The molecule has 0 bridgehead atoms. The van der Waals surface area contributed by atoms with Crippen molar-refractivity contribution in [2.75, 3.05) is 33.2 Å². The Kier molecular flexibility index (Phi) is 10.6. The first kappa shape index (κ1) is 34.3. The Hall–Kier alpha value is -3.60. The quantitative estimate of drug-likeness (QED) is 0.160. The highest BCUT2D eigenvalue weighted by Gasteiger charge is 2.42. The van der Waals surface area contributed by atoms with Gasteiger partial charge >= 0.3 is 0 Å². The number of hydrogen-bond donors (Lipinski definition) is 1. The van der Waals surface area contributed by atoms with Gasteiger partial charge in [-0.15, -0.1) is 0 Å². The van der Waals surface area contributed by atoms with E-state index in [4.69, 9.17) is 11.6 Å². The van der Waals surface area contributed by atoms with Crippen LogP contribution < -0.4 is 5.32 Å². The molecule has 0 spiro atoms. The molecule has 3 atom stereocenters. The van der Waals surface area contributed by atoms with Gasteiger partial charge in [0.2, 0.25) is 10.0 Å². The number of piperazine rings is 1. The number of rotatable bonds is 12. The number of hydrogen-bond acceptors (Lipinski definition) is 6. The van der Waals surface area contributed by atoms with Crippen LogP contribution in [-0.2, 0) is 16.6 Å². The molecule has 252 valence electrons. The van der Waals surface area contributed by atoms with E-state index in [1.54, 1.807) is 35.9 Å². The first-order chi connectivity index (χ1) is 23.1. The molecule has 10 heteroatoms. The molecule has 1 N–H and O–H groups in total. The molecule has 8 nitrogen and oxygen atoms in total. The van der Waals surface area contributed by atoms with Gasteiger partial charge in [0.25, 0.3) is 0 Å². The SMILES string of the molecule is Cc1nc2cnccc2n1Cc1ccc(S(=O)(=O)N(C)C(CC(C)C)C(C(c2ccccc2)c2ccc(Cl)cc2)N2CCNCC2)cc1. The van der Waals surface area contributed by atoms with Crippen LogP contribution in [0.25, 0.3) is 11.0 Å². The number of pyridine rings is 1. The highest BCUT2D eigenvalue weighted by molar-refractivity contribution is 7.89. The van der Waals surface area contributed by atoms with Crippen LogP contribution in [-0.4, -0.2) is 77.5 Å². The summed E-state index contributed by atoms with van der Waals surface area (Å²) in [5.41, 5.74) is 5.13. The molecule has 3 unspecified atom stereocenters. The van der Waals surface area contributed by atoms with Crippen LogP contribution in [0.1, 0.15) is 48.7 Å². The first-order valence-corrected chi connectivity index (χ1v) is 18.5. The Morgan fingerprint density at radius 3 is 2.25 bits per heavy atom. The molecule has 48 heavy (non-hydrogen) atoms. The molecule has 1 aliphatic rings. The van der Waals surface area contributed by atoms with E-state index in [2.05, 4.69) is 75.0 Å². The molecule has 3 heterocycles. The number of nitrogens with one attached hydrogen (secondary N) is 1. The lowest BCUT2D eigenvalue weighted by atomic mass is 9.78. The lowest BCUT2D eigenvalue weighted by molar-refractivity contribution is 0.0920. The minimum atomic E-state index is -3.85. The highest BCUT2D eigenvalue weighted by Crippen LogP contribution is 2.38. The van der Waals surface area contributed by atoms with Crippen molar-refractivity contribution in [3.05, 3.63) is 125 Å². The van der Waals surface area contributed by atoms with Gasteiger partial charge in [-0.25, -0.2) is 13.4 Å². The second kappa shape index (κ2) is 14.9. The minimum absolute atomic E-state index is 0.0752. The van der Waals surface area contributed by atoms with Crippen LogP contribution in [0.4, 0.5) is 0 Å². The van der Waals surface area contributed by atoms with E-state index in [0.29, 0.717) is 22.9 Å². The number of aromatic nitrogens is 3. The van der Waals surface area contributed by atoms with Crippen LogP contribution in [0.3, 0.4) is 0 Å². The third kappa shape index (κ3) is 7.36. The lowest BCUT2D eigenvalue weighted by Crippen LogP contribution is -2.59. The van der Waals surface area contributed by atoms with E-state index in [1.807, 2.05) is 43.3 Å². The predicted molar refractivity (Wildman–Crippen MR) is 194 cm³/mol. The molecule has 0 aliphatic carbocycles. The summed E-state index contributed by atoms with van der Waals surface area (Å²) in [6, 6.07) is 27.4. The maximum absolute atomic E-state index is 14.6. The summed E-state index contributed by atoms with van der Waals surface area (Å²) < 4.78 is 33.0. The number of aryl methyl sites for hydroxylation is 1. The minimum Gasteiger partial charge on any atom is -0.324 e. The van der Waals surface area contributed by atoms with Gasteiger partial charge in [0.05, 0.1) is 16.6 Å². The molecule has 0 radical (unpaired) electrons. The van der Waals surface area contributed by atoms with Crippen molar-refractivity contribution in [1.82, 2.24) is 29.1 Å². The summed E-state index contributed by atoms with van der Waals surface area (Å²) in [6.07, 6.45) is 4.24. The summed E-state index contributed by atoms with van der Waals surface area (Å²) in [5, 5.41) is 4.18. The third-order valence-corrected chi connectivity index (χ3v) is 11.7. The van der Waals surface area contributed by atoms with Crippen LogP contribution >= 0.6 is 11.6 Å². The number of halogens is 1. The van der Waals surface area contributed by atoms with Gasteiger partial charge in [-0.2, -0.15) is 4.31 Å². The van der Waals surface area contributed by atoms with Gasteiger partial charge < -0.3 is 9.88 Å². The normalized spacial score (nSPS) is 16.4. The van der Waals surface area contributed by atoms with Gasteiger partial charge in [-0.05, 0) is 66.3 Å². The fourth-order valence-electron chi connectivity index (χ4n) is 7.16. The summed E-state index contributed by atoms with van der Waals surface area (Å²) in [7, 11) is -2.08. The first-order valence-electron chi connectivity index (χ1n) is 16.7. The number of benzene rings is 3. The maximum atomic E-state index is 14.6. The van der Waals surface area contributed by atoms with E-state index in [0.717, 1.165) is 59.7 Å². The molecular formula is C38H45ClN6O2S. The Balaban J connectivity index is 1.38. The van der Waals surface area contributed by atoms with Gasteiger partial charge in [0.1, 0.15) is 11.3 Å². The Morgan fingerprint density at radius 1 is 0.917 bits per heavy atom. The molecule has 1 saturated heterocycles. The number of fused-ring (bicyclic) bond motifs is 1. The van der Waals surface area contributed by atoms with Crippen molar-refractivity contribution in [2.24, 2.45) is 5.92 Å². The largest absolute Gasteiger partial charge is 0.324 e. The van der Waals surface area contributed by atoms with E-state index in [9.17, 15) is 8.42 Å². The van der Waals surface area contributed by atoms with Crippen LogP contribution in [0.15, 0.2) is 102 Å². The fourth-order valence-corrected chi connectivity index (χ4v) is 8.66. The van der Waals surface area contributed by atoms with Gasteiger partial charge in [-0.3, -0.25) is 9.88 Å². The molecule has 6 rings (SSSR count). The van der Waals surface area contributed by atoms with E-state index in [-0.39, 0.29) is 23.9 Å². The van der Waals surface area contributed by atoms with Crippen molar-refractivity contribution >= 4 is 32.7 Å². The van der Waals surface area contributed by atoms with E-state index < -0.39 is 10.0 Å². The van der Waals surface area contributed by atoms with Crippen molar-refractivity contribution in [3.8, 4) is 0 Å². The zero-order chi connectivity index (χ0) is 33.8. The third-order valence-electron chi connectivity index (χ3n) is 9.56. The average molecular weight is 685 g/mol. The number of imidazole rings is 1. The summed E-state index contributed by atoms with van der Waals surface area (Å²) in [6.45, 7) is 10.3. The Morgan fingerprint density at radius 2 is 1.58 bits per heavy atom. The Bertz CT molecular complexity index is 1910. The van der Waals surface area contributed by atoms with Gasteiger partial charge in [0.15, 0.2) is 0 Å². The van der Waals surface area contributed by atoms with E-state index in [1.165, 1.54) is 0 Å². The molecule has 0 saturated carbocycles. The van der Waals surface area contributed by atoms with Gasteiger partial charge in [-0.1, -0.05) is 80.0 Å². The molecular weight excluding hydrogens is 640 g/mol. The summed E-state index contributed by atoms with van der Waals surface area (Å²) in [5.74, 6) is 1.08. The van der Waals surface area contributed by atoms with Crippen molar-refractivity contribution in [1.29, 1.82) is 0 Å². The molecule has 1 fully saturated rings. The van der Waals surface area contributed by atoms with Crippen LogP contribution in [0, 0.1) is 12.8 Å². The predicted octanol–water partition coefficient (Wildman–Crippen LogP) is 6.58. The number of sulfonamides is 1. The summed E-state index contributed by atoms with van der Waals surface area (Å²) >= 11 is 6.37. The zero-order valence-corrected chi connectivity index (χ0v) is 29.7. The number of likely N-dealkylation sites (N-methyl/N-ethyl adjacent to an activating group) is 1. The maximum Gasteiger partial charge on any atom is 0.243 e. The molecule has 1 aliphatic heterocycles. The Labute approximate surface area is 289 Å². The fraction of sp³-hybridized carbons (Fsp3) is 0.368. The molecule has 2 aromatic heterocycles. The molecule has 3 aromatic carbocycles. The van der Waals surface area contributed by atoms with Crippen LogP contribution in [0.2, 0.25) is 5.02 Å². The highest BCUT2D eigenvalue weighted by atomic mass is 35.5. The number of nitrogens with zero attached hydrogens (tertiary/aromatic N) is 5. The summed E-state index contributed by atoms with van der Waals surface area (Å²) in [4.78, 5) is 11.6. The lowest BCUT2D eigenvalue weighted by Gasteiger charge is -2.47. The van der Waals surface area contributed by atoms with Crippen molar-refractivity contribution in [3.63, 3.8) is 0 Å². The zero-order valence-electron chi connectivity index (χ0n) is 28.1. The average Bonchev–Trinajstić information content (AvgIpc) is 3.41. The molecule has 0 amide bonds. The van der Waals surface area contributed by atoms with Crippen molar-refractivity contribution in [2.45, 2.75) is 56.6 Å². The standard InChI is InChI=1S/C38H45ClN6O2S/c1-27(2)24-36(38(44-22-20-40-21-23-44)37(30-8-6-5-7-9-30)31-12-14-32(39)15-13-31)43(4)48(46,47)33-16-10-29(11-17-33)26-45-28(3)42-34-25-41-19-18-35(34)45/h5-19,25,27,36-38,40H,20-24,26H2,1-4H3. The second-order valence-electron chi connectivity index (χ2n) is 13.2. The monoisotopic (exact) mass is 684 g/mol. The smallest absolute Gasteiger partial charge is 0.243 e. The second-order valence-corrected chi connectivity index (χ2v) is 15.6. The van der Waals surface area contributed by atoms with Gasteiger partial charge in [0, 0.05) is 69.0 Å². The van der Waals surface area contributed by atoms with Crippen molar-refractivity contribution < 1.29 is 8.42 Å². The topological polar surface area (TPSA) is 83.4 Å². The molecule has 5 aromatic rings.